The molecule has 0 radical (unpaired) electrons. The molecule has 0 aliphatic carbocycles. The SMILES string of the molecule is O=C(NCC1CCCCN1CC(=O)N1N=C(c2cccs2)CC1c1ccco1)Nc1ccccc1. The van der Waals surface area contributed by atoms with Crippen molar-refractivity contribution in [2.24, 2.45) is 5.10 Å². The van der Waals surface area contributed by atoms with Crippen LogP contribution in [0, 0.1) is 0 Å². The van der Waals surface area contributed by atoms with Crippen LogP contribution < -0.4 is 10.6 Å². The van der Waals surface area contributed by atoms with Crippen molar-refractivity contribution in [3.05, 3.63) is 76.9 Å². The molecule has 9 heteroatoms. The number of anilines is 1. The number of urea groups is 1. The van der Waals surface area contributed by atoms with Gasteiger partial charge in [-0.05, 0) is 55.1 Å². The zero-order valence-corrected chi connectivity index (χ0v) is 20.2. The molecule has 1 saturated heterocycles. The summed E-state index contributed by atoms with van der Waals surface area (Å²) in [7, 11) is 0. The van der Waals surface area contributed by atoms with Gasteiger partial charge in [0, 0.05) is 24.7 Å². The number of rotatable bonds is 7. The smallest absolute Gasteiger partial charge is 0.319 e. The number of thiophene rings is 1. The van der Waals surface area contributed by atoms with Crippen LogP contribution in [-0.4, -0.2) is 53.2 Å². The zero-order valence-electron chi connectivity index (χ0n) is 19.4. The van der Waals surface area contributed by atoms with Crippen molar-refractivity contribution in [3.8, 4) is 0 Å². The highest BCUT2D eigenvalue weighted by Crippen LogP contribution is 2.34. The standard InChI is InChI=1S/C26H29N5O3S/c32-25(31-22(23-11-6-14-34-23)16-21(29-31)24-12-7-15-35-24)18-30-13-5-4-10-20(30)17-27-26(33)28-19-8-2-1-3-9-19/h1-3,6-9,11-12,14-15,20,22H,4-5,10,13,16-18H2,(H2,27,28,33). The molecule has 2 N–H and O–H groups in total. The second-order valence-electron chi connectivity index (χ2n) is 8.82. The number of piperidine rings is 1. The van der Waals surface area contributed by atoms with Crippen molar-refractivity contribution in [1.82, 2.24) is 15.2 Å². The number of benzene rings is 1. The average molecular weight is 492 g/mol. The highest BCUT2D eigenvalue weighted by atomic mass is 32.1. The summed E-state index contributed by atoms with van der Waals surface area (Å²) < 4.78 is 5.66. The van der Waals surface area contributed by atoms with Crippen LogP contribution in [0.2, 0.25) is 0 Å². The predicted molar refractivity (Wildman–Crippen MR) is 136 cm³/mol. The lowest BCUT2D eigenvalue weighted by atomic mass is 10.0. The van der Waals surface area contributed by atoms with E-state index in [2.05, 4.69) is 15.5 Å². The van der Waals surface area contributed by atoms with Crippen LogP contribution in [0.4, 0.5) is 10.5 Å². The third-order valence-electron chi connectivity index (χ3n) is 6.46. The van der Waals surface area contributed by atoms with Crippen molar-refractivity contribution in [2.45, 2.75) is 37.8 Å². The summed E-state index contributed by atoms with van der Waals surface area (Å²) in [6.45, 7) is 1.56. The summed E-state index contributed by atoms with van der Waals surface area (Å²) in [5, 5.41) is 14.2. The van der Waals surface area contributed by atoms with Crippen molar-refractivity contribution in [3.63, 3.8) is 0 Å². The topological polar surface area (TPSA) is 90.2 Å². The van der Waals surface area contributed by atoms with E-state index >= 15 is 0 Å². The first-order chi connectivity index (χ1) is 17.2. The maximum absolute atomic E-state index is 13.5. The molecule has 1 aromatic carbocycles. The Morgan fingerprint density at radius 3 is 2.74 bits per heavy atom. The summed E-state index contributed by atoms with van der Waals surface area (Å²) in [6, 6.07) is 16.7. The second-order valence-corrected chi connectivity index (χ2v) is 9.77. The molecule has 2 aromatic heterocycles. The van der Waals surface area contributed by atoms with Crippen LogP contribution >= 0.6 is 11.3 Å². The molecule has 0 bridgehead atoms. The molecule has 2 atom stereocenters. The lowest BCUT2D eigenvalue weighted by Crippen LogP contribution is -2.50. The van der Waals surface area contributed by atoms with Crippen molar-refractivity contribution >= 4 is 34.7 Å². The Kier molecular flexibility index (Phi) is 7.25. The third kappa shape index (κ3) is 5.63. The second kappa shape index (κ2) is 10.9. The lowest BCUT2D eigenvalue weighted by molar-refractivity contribution is -0.135. The summed E-state index contributed by atoms with van der Waals surface area (Å²) in [5.74, 6) is 0.682. The van der Waals surface area contributed by atoms with Gasteiger partial charge in [0.25, 0.3) is 5.91 Å². The van der Waals surface area contributed by atoms with Gasteiger partial charge in [0.2, 0.25) is 0 Å². The molecule has 35 heavy (non-hydrogen) atoms. The molecule has 4 heterocycles. The molecular formula is C26H29N5O3S. The Morgan fingerprint density at radius 2 is 1.97 bits per heavy atom. The van der Waals surface area contributed by atoms with E-state index < -0.39 is 0 Å². The minimum Gasteiger partial charge on any atom is -0.467 e. The predicted octanol–water partition coefficient (Wildman–Crippen LogP) is 4.70. The Labute approximate surface area is 208 Å². The van der Waals surface area contributed by atoms with Gasteiger partial charge in [0.05, 0.1) is 23.4 Å². The van der Waals surface area contributed by atoms with Crippen molar-refractivity contribution in [1.29, 1.82) is 0 Å². The molecule has 8 nitrogen and oxygen atoms in total. The van der Waals surface area contributed by atoms with E-state index in [4.69, 9.17) is 9.52 Å². The Hall–Kier alpha value is -3.43. The third-order valence-corrected chi connectivity index (χ3v) is 7.38. The van der Waals surface area contributed by atoms with Crippen molar-refractivity contribution < 1.29 is 14.0 Å². The van der Waals surface area contributed by atoms with E-state index in [1.807, 2.05) is 60.0 Å². The fourth-order valence-electron chi connectivity index (χ4n) is 4.69. The zero-order chi connectivity index (χ0) is 24.0. The minimum absolute atomic E-state index is 0.0569. The molecule has 5 rings (SSSR count). The fraction of sp³-hybridized carbons (Fsp3) is 0.346. The number of hydrogen-bond donors (Lipinski definition) is 2. The Morgan fingerprint density at radius 1 is 1.09 bits per heavy atom. The van der Waals surface area contributed by atoms with E-state index in [0.29, 0.717) is 13.0 Å². The van der Waals surface area contributed by atoms with Gasteiger partial charge < -0.3 is 15.1 Å². The maximum atomic E-state index is 13.5. The summed E-state index contributed by atoms with van der Waals surface area (Å²) in [4.78, 5) is 29.1. The van der Waals surface area contributed by atoms with Gasteiger partial charge in [0.1, 0.15) is 11.8 Å². The van der Waals surface area contributed by atoms with Crippen LogP contribution in [0.1, 0.15) is 42.4 Å². The Bertz CT molecular complexity index is 1150. The maximum Gasteiger partial charge on any atom is 0.319 e. The van der Waals surface area contributed by atoms with Crippen LogP contribution in [0.3, 0.4) is 0 Å². The number of furan rings is 1. The number of likely N-dealkylation sites (tertiary alicyclic amines) is 1. The van der Waals surface area contributed by atoms with Crippen molar-refractivity contribution in [2.75, 3.05) is 25.0 Å². The summed E-state index contributed by atoms with van der Waals surface area (Å²) in [5.41, 5.74) is 1.65. The van der Waals surface area contributed by atoms with Crippen LogP contribution in [0.15, 0.2) is 75.8 Å². The van der Waals surface area contributed by atoms with Crippen LogP contribution in [0.5, 0.6) is 0 Å². The number of hydrazone groups is 1. The number of carbonyl (C=O) groups is 2. The molecular weight excluding hydrogens is 462 g/mol. The molecule has 182 valence electrons. The monoisotopic (exact) mass is 491 g/mol. The normalized spacial score (nSPS) is 20.5. The molecule has 2 unspecified atom stereocenters. The van der Waals surface area contributed by atoms with E-state index in [1.54, 1.807) is 22.6 Å². The minimum atomic E-state index is -0.243. The molecule has 2 aliphatic heterocycles. The molecule has 0 spiro atoms. The molecule has 0 saturated carbocycles. The first-order valence-corrected chi connectivity index (χ1v) is 12.9. The van der Waals surface area contributed by atoms with Crippen LogP contribution in [0.25, 0.3) is 0 Å². The van der Waals surface area contributed by atoms with Gasteiger partial charge in [0.15, 0.2) is 0 Å². The number of nitrogens with one attached hydrogen (secondary N) is 2. The molecule has 2 aliphatic rings. The molecule has 3 amide bonds. The number of hydrogen-bond acceptors (Lipinski definition) is 6. The largest absolute Gasteiger partial charge is 0.467 e. The van der Waals surface area contributed by atoms with Crippen LogP contribution in [-0.2, 0) is 4.79 Å². The number of nitrogens with zero attached hydrogens (tertiary/aromatic N) is 3. The summed E-state index contributed by atoms with van der Waals surface area (Å²) in [6.07, 6.45) is 5.31. The highest BCUT2D eigenvalue weighted by molar-refractivity contribution is 7.12. The van der Waals surface area contributed by atoms with Gasteiger partial charge in [-0.3, -0.25) is 9.69 Å². The summed E-state index contributed by atoms with van der Waals surface area (Å²) >= 11 is 1.62. The molecule has 3 aromatic rings. The van der Waals surface area contributed by atoms with E-state index in [0.717, 1.165) is 47.8 Å². The first kappa shape index (κ1) is 23.3. The average Bonchev–Trinajstić information content (AvgIpc) is 3.65. The fourth-order valence-corrected chi connectivity index (χ4v) is 5.41. The first-order valence-electron chi connectivity index (χ1n) is 12.0. The van der Waals surface area contributed by atoms with E-state index in [-0.39, 0.29) is 30.6 Å². The molecule has 1 fully saturated rings. The number of carbonyl (C=O) groups excluding carboxylic acids is 2. The van der Waals surface area contributed by atoms with E-state index in [1.165, 1.54) is 0 Å². The van der Waals surface area contributed by atoms with Gasteiger partial charge in [-0.1, -0.05) is 30.7 Å². The number of amides is 3. The van der Waals surface area contributed by atoms with Gasteiger partial charge >= 0.3 is 6.03 Å². The van der Waals surface area contributed by atoms with E-state index in [9.17, 15) is 9.59 Å². The van der Waals surface area contributed by atoms with Gasteiger partial charge in [-0.25, -0.2) is 9.80 Å². The van der Waals surface area contributed by atoms with Gasteiger partial charge in [-0.15, -0.1) is 11.3 Å². The quantitative estimate of drug-likeness (QED) is 0.502. The lowest BCUT2D eigenvalue weighted by Gasteiger charge is -2.36. The number of para-hydroxylation sites is 1. The van der Waals surface area contributed by atoms with Gasteiger partial charge in [-0.2, -0.15) is 5.10 Å². The Balaban J connectivity index is 1.23. The highest BCUT2D eigenvalue weighted by Gasteiger charge is 2.36.